The van der Waals surface area contributed by atoms with E-state index in [1.54, 1.807) is 37.7 Å². The molecular formula is C66H98N10O10. The third-order valence-corrected chi connectivity index (χ3v) is 19.6. The van der Waals surface area contributed by atoms with Gasteiger partial charge in [0.25, 0.3) is 0 Å². The summed E-state index contributed by atoms with van der Waals surface area (Å²) in [6.45, 7) is 6.61. The van der Waals surface area contributed by atoms with Gasteiger partial charge in [-0.15, -0.1) is 0 Å². The van der Waals surface area contributed by atoms with Crippen molar-refractivity contribution in [1.82, 2.24) is 52.3 Å². The number of hydrogen-bond acceptors (Lipinski definition) is 14. The number of carbonyl (C=O) groups excluding carboxylic acids is 7. The van der Waals surface area contributed by atoms with Crippen LogP contribution in [0.15, 0.2) is 59.9 Å². The smallest absolute Gasteiger partial charge is 0.246 e. The van der Waals surface area contributed by atoms with Crippen LogP contribution in [0.25, 0.3) is 0 Å². The maximum absolute atomic E-state index is 14.4. The molecule has 0 spiro atoms. The Hall–Kier alpha value is -5.93. The van der Waals surface area contributed by atoms with Crippen molar-refractivity contribution in [2.24, 2.45) is 11.8 Å². The molecule has 2 saturated heterocycles. The molecule has 9 rings (SSSR count). The standard InChI is InChI=1S/C66H98N10O10/c1-41(67-3)61(79)71-53(43-23-9-5-10-24-43)65(83)75-35-21-31-49(75)63(81)73-55-47-29-15-13-27-45(47)39-51(55)85-37-19-7-17-33-69-57-58(60(78)59(57)77)70-34-18-8-20-38-86-52-40-46-28-14-16-30-48(46)56(52)74-64(82)50-32-22-36-76(50)66(84)54(44-25-11-6-12-26-44)72-62(80)42(2)68-4/h13-16,27-30,41-44,49-56,59,67-70,77H,5-12,17-26,31-40H2,1-4H3,(H,71,79)(H,72,80)(H,73,81)(H,74,82)/t41-,42-,49-,50-,51+,52+,53-,54-,55-,56-,59?/m0/s1. The van der Waals surface area contributed by atoms with Crippen LogP contribution >= 0.6 is 0 Å². The lowest BCUT2D eigenvalue weighted by Crippen LogP contribution is -2.58. The highest BCUT2D eigenvalue weighted by atomic mass is 16.5. The zero-order valence-corrected chi connectivity index (χ0v) is 51.4. The van der Waals surface area contributed by atoms with Crippen LogP contribution < -0.4 is 42.5 Å². The molecule has 4 fully saturated rings. The maximum Gasteiger partial charge on any atom is 0.246 e. The highest BCUT2D eigenvalue weighted by Crippen LogP contribution is 2.37. The Morgan fingerprint density at radius 2 is 0.988 bits per heavy atom. The number of likely N-dealkylation sites (tertiary alicyclic amines) is 2. The van der Waals surface area contributed by atoms with Crippen molar-refractivity contribution in [1.29, 1.82) is 0 Å². The van der Waals surface area contributed by atoms with Crippen molar-refractivity contribution >= 4 is 41.2 Å². The first-order valence-corrected chi connectivity index (χ1v) is 32.8. The predicted octanol–water partition coefficient (Wildman–Crippen LogP) is 4.59. The molecule has 9 N–H and O–H groups in total. The van der Waals surface area contributed by atoms with Gasteiger partial charge < -0.3 is 66.9 Å². The van der Waals surface area contributed by atoms with E-state index in [2.05, 4.69) is 54.7 Å². The van der Waals surface area contributed by atoms with Gasteiger partial charge in [0.1, 0.15) is 29.9 Å². The van der Waals surface area contributed by atoms with E-state index < -0.39 is 42.4 Å². The van der Waals surface area contributed by atoms with Crippen molar-refractivity contribution in [3.05, 3.63) is 82.2 Å². The summed E-state index contributed by atoms with van der Waals surface area (Å²) in [7, 11) is 3.45. The van der Waals surface area contributed by atoms with Gasteiger partial charge >= 0.3 is 0 Å². The molecule has 2 aliphatic heterocycles. The van der Waals surface area contributed by atoms with E-state index in [9.17, 15) is 38.7 Å². The van der Waals surface area contributed by atoms with Crippen molar-refractivity contribution < 1.29 is 48.1 Å². The summed E-state index contributed by atoms with van der Waals surface area (Å²) in [5.41, 5.74) is 5.24. The lowest BCUT2D eigenvalue weighted by Gasteiger charge is -2.35. The Bertz CT molecular complexity index is 2700. The zero-order valence-electron chi connectivity index (χ0n) is 51.4. The summed E-state index contributed by atoms with van der Waals surface area (Å²) in [5.74, 6) is -1.42. The minimum atomic E-state index is -1.18. The van der Waals surface area contributed by atoms with E-state index in [0.717, 1.165) is 125 Å². The van der Waals surface area contributed by atoms with Crippen LogP contribution in [0.4, 0.5) is 0 Å². The van der Waals surface area contributed by atoms with Crippen LogP contribution in [-0.4, -0.2) is 164 Å². The summed E-state index contributed by atoms with van der Waals surface area (Å²) in [5, 5.41) is 35.9. The number of rotatable bonds is 30. The molecule has 2 aromatic rings. The Morgan fingerprint density at radius 1 is 0.558 bits per heavy atom. The van der Waals surface area contributed by atoms with Crippen LogP contribution in [-0.2, 0) is 55.9 Å². The van der Waals surface area contributed by atoms with Crippen LogP contribution in [0, 0.1) is 11.8 Å². The quantitative estimate of drug-likeness (QED) is 0.0486. The van der Waals surface area contributed by atoms with E-state index in [-0.39, 0.29) is 77.4 Å². The van der Waals surface area contributed by atoms with Gasteiger partial charge in [-0.3, -0.25) is 33.6 Å². The molecule has 86 heavy (non-hydrogen) atoms. The van der Waals surface area contributed by atoms with Crippen molar-refractivity contribution in [2.75, 3.05) is 53.5 Å². The number of Topliss-reactive ketones (excluding diaryl/α,β-unsaturated/α-hetero) is 1. The summed E-state index contributed by atoms with van der Waals surface area (Å²) in [6.07, 6.45) is 16.7. The van der Waals surface area contributed by atoms with Crippen LogP contribution in [0.5, 0.6) is 0 Å². The summed E-state index contributed by atoms with van der Waals surface area (Å²) < 4.78 is 13.0. The van der Waals surface area contributed by atoms with Gasteiger partial charge in [0.05, 0.1) is 42.1 Å². The van der Waals surface area contributed by atoms with Crippen molar-refractivity contribution in [2.45, 2.75) is 222 Å². The number of hydrogen-bond donors (Lipinski definition) is 9. The highest BCUT2D eigenvalue weighted by Gasteiger charge is 2.46. The normalized spacial score (nSPS) is 25.4. The van der Waals surface area contributed by atoms with Gasteiger partial charge in [-0.2, -0.15) is 0 Å². The summed E-state index contributed by atoms with van der Waals surface area (Å²) in [4.78, 5) is 99.6. The SMILES string of the molecule is CN[C@@H](C)C(=O)N[C@H](C(=O)N1CCC[C@H]1C(=O)N[C@H]1c2ccccc2C[C@H]1OCCCCCNC1=C(NCCCCCO[C@@H]2Cc3ccccc3[C@@H]2NC(=O)[C@@H]2CCCN2C(=O)[C@@H](NC(=O)[C@H](C)NC)C2CCCCC2)C(O)C1=O)C1CCCCC1. The molecule has 2 aromatic carbocycles. The molecule has 1 unspecified atom stereocenters. The fourth-order valence-electron chi connectivity index (χ4n) is 14.3. The topological polar surface area (TPSA) is 261 Å². The first kappa shape index (κ1) is 64.5. The molecule has 2 heterocycles. The number of nitrogens with one attached hydrogen (secondary N) is 8. The van der Waals surface area contributed by atoms with E-state index >= 15 is 0 Å². The monoisotopic (exact) mass is 1190 g/mol. The average molecular weight is 1190 g/mol. The molecule has 6 amide bonds. The Labute approximate surface area is 509 Å². The van der Waals surface area contributed by atoms with Gasteiger partial charge in [0, 0.05) is 52.2 Å². The number of aliphatic hydroxyl groups is 1. The fraction of sp³-hybridized carbons (Fsp3) is 0.682. The molecule has 472 valence electrons. The number of amides is 6. The summed E-state index contributed by atoms with van der Waals surface area (Å²) >= 11 is 0. The largest absolute Gasteiger partial charge is 0.384 e. The fourth-order valence-corrected chi connectivity index (χ4v) is 14.3. The second-order valence-corrected chi connectivity index (χ2v) is 25.3. The summed E-state index contributed by atoms with van der Waals surface area (Å²) in [6, 6.07) is 11.9. The minimum Gasteiger partial charge on any atom is -0.384 e. The number of unbranched alkanes of at least 4 members (excludes halogenated alkanes) is 4. The van der Waals surface area contributed by atoms with Crippen LogP contribution in [0.1, 0.15) is 177 Å². The minimum absolute atomic E-state index is 0.0344. The Kier molecular flexibility index (Phi) is 23.5. The van der Waals surface area contributed by atoms with E-state index in [0.29, 0.717) is 89.3 Å². The Balaban J connectivity index is 0.687. The first-order valence-electron chi connectivity index (χ1n) is 32.8. The second-order valence-electron chi connectivity index (χ2n) is 25.3. The van der Waals surface area contributed by atoms with Gasteiger partial charge in [0.15, 0.2) is 6.10 Å². The third kappa shape index (κ3) is 15.7. The number of ketones is 1. The van der Waals surface area contributed by atoms with E-state index in [1.165, 1.54) is 0 Å². The molecular weight excluding hydrogens is 1090 g/mol. The predicted molar refractivity (Wildman–Crippen MR) is 327 cm³/mol. The molecule has 2 saturated carbocycles. The third-order valence-electron chi connectivity index (χ3n) is 19.6. The zero-order chi connectivity index (χ0) is 60.7. The van der Waals surface area contributed by atoms with Gasteiger partial charge in [-0.25, -0.2) is 0 Å². The van der Waals surface area contributed by atoms with E-state index in [1.807, 2.05) is 36.4 Å². The maximum atomic E-state index is 14.4. The van der Waals surface area contributed by atoms with Crippen molar-refractivity contribution in [3.63, 3.8) is 0 Å². The van der Waals surface area contributed by atoms with Crippen LogP contribution in [0.3, 0.4) is 0 Å². The second kappa shape index (κ2) is 31.3. The van der Waals surface area contributed by atoms with Gasteiger partial charge in [-0.1, -0.05) is 87.1 Å². The molecule has 7 aliphatic rings. The first-order chi connectivity index (χ1) is 41.8. The number of nitrogens with zero attached hydrogens (tertiary/aromatic N) is 2. The van der Waals surface area contributed by atoms with Gasteiger partial charge in [-0.05, 0) is 152 Å². The Morgan fingerprint density at radius 3 is 1.43 bits per heavy atom. The number of fused-ring (bicyclic) bond motifs is 2. The lowest BCUT2D eigenvalue weighted by atomic mass is 9.83. The lowest BCUT2D eigenvalue weighted by molar-refractivity contribution is -0.143. The number of carbonyl (C=O) groups is 7. The van der Waals surface area contributed by atoms with Crippen molar-refractivity contribution in [3.8, 4) is 0 Å². The van der Waals surface area contributed by atoms with Gasteiger partial charge in [0.2, 0.25) is 41.2 Å². The van der Waals surface area contributed by atoms with E-state index in [4.69, 9.17) is 9.47 Å². The molecule has 0 aromatic heterocycles. The molecule has 0 radical (unpaired) electrons. The average Bonchev–Trinajstić information content (AvgIpc) is 3.10. The molecule has 5 aliphatic carbocycles. The number of likely N-dealkylation sites (N-methyl/N-ethyl adjacent to an activating group) is 2. The molecule has 20 heteroatoms. The molecule has 0 bridgehead atoms. The van der Waals surface area contributed by atoms with Crippen LogP contribution in [0.2, 0.25) is 0 Å². The number of aliphatic hydroxyl groups excluding tert-OH is 1. The number of ether oxygens (including phenoxy) is 2. The number of benzene rings is 2. The molecule has 20 nitrogen and oxygen atoms in total. The molecule has 11 atom stereocenters. The highest BCUT2D eigenvalue weighted by molar-refractivity contribution is 6.08.